The maximum Gasteiger partial charge on any atom is 0.100 e. The lowest BCUT2D eigenvalue weighted by molar-refractivity contribution is -0.0596. The van der Waals surface area contributed by atoms with Gasteiger partial charge in [0.2, 0.25) is 0 Å². The van der Waals surface area contributed by atoms with Crippen LogP contribution in [-0.2, 0) is 9.47 Å². The van der Waals surface area contributed by atoms with Crippen LogP contribution in [-0.4, -0.2) is 61.7 Å². The molecule has 3 fully saturated rings. The van der Waals surface area contributed by atoms with E-state index in [1.165, 1.54) is 6.42 Å². The van der Waals surface area contributed by atoms with Crippen molar-refractivity contribution in [3.05, 3.63) is 6.61 Å². The van der Waals surface area contributed by atoms with Crippen molar-refractivity contribution in [1.29, 1.82) is 0 Å². The Bertz CT molecular complexity index is 408. The minimum absolute atomic E-state index is 0.0863. The van der Waals surface area contributed by atoms with E-state index in [-0.39, 0.29) is 18.6 Å². The summed E-state index contributed by atoms with van der Waals surface area (Å²) in [7, 11) is 1.75. The Labute approximate surface area is 164 Å². The Morgan fingerprint density at radius 3 is 2.44 bits per heavy atom. The Morgan fingerprint density at radius 2 is 1.78 bits per heavy atom. The second-order valence-electron chi connectivity index (χ2n) is 8.96. The molecule has 3 rings (SSSR count). The van der Waals surface area contributed by atoms with E-state index < -0.39 is 6.17 Å². The number of ether oxygens (including phenoxy) is 2. The molecule has 0 amide bonds. The second-order valence-corrected chi connectivity index (χ2v) is 8.96. The van der Waals surface area contributed by atoms with Gasteiger partial charge in [-0.2, -0.15) is 0 Å². The van der Waals surface area contributed by atoms with Crippen LogP contribution in [0.4, 0.5) is 4.39 Å². The van der Waals surface area contributed by atoms with Gasteiger partial charge in [0, 0.05) is 38.6 Å². The van der Waals surface area contributed by atoms with Crippen LogP contribution in [0.3, 0.4) is 0 Å². The predicted octanol–water partition coefficient (Wildman–Crippen LogP) is 3.97. The van der Waals surface area contributed by atoms with Crippen LogP contribution in [0.2, 0.25) is 0 Å². The molecule has 1 heterocycles. The van der Waals surface area contributed by atoms with Gasteiger partial charge in [-0.15, -0.1) is 0 Å². The molecule has 1 saturated heterocycles. The maximum absolute atomic E-state index is 13.2. The molecule has 3 aliphatic rings. The molecule has 0 aromatic rings. The summed E-state index contributed by atoms with van der Waals surface area (Å²) >= 11 is 0. The Kier molecular flexibility index (Phi) is 8.82. The summed E-state index contributed by atoms with van der Waals surface area (Å²) < 4.78 is 25.0. The van der Waals surface area contributed by atoms with E-state index in [2.05, 4.69) is 4.90 Å². The number of likely N-dealkylation sites (tertiary alicyclic amines) is 1. The lowest BCUT2D eigenvalue weighted by atomic mass is 9.79. The van der Waals surface area contributed by atoms with Gasteiger partial charge in [-0.25, -0.2) is 4.39 Å². The summed E-state index contributed by atoms with van der Waals surface area (Å²) in [6.45, 7) is 5.59. The quantitative estimate of drug-likeness (QED) is 0.688. The number of nitrogens with zero attached hydrogens (tertiary/aromatic N) is 1. The minimum atomic E-state index is -0.542. The first-order valence-electron chi connectivity index (χ1n) is 11.2. The smallest absolute Gasteiger partial charge is 0.100 e. The first-order valence-corrected chi connectivity index (χ1v) is 11.2. The van der Waals surface area contributed by atoms with E-state index in [1.54, 1.807) is 7.11 Å². The fourth-order valence-corrected chi connectivity index (χ4v) is 5.26. The van der Waals surface area contributed by atoms with Gasteiger partial charge in [0.1, 0.15) is 6.17 Å². The molecule has 1 N–H and O–H groups in total. The van der Waals surface area contributed by atoms with Crippen molar-refractivity contribution >= 4 is 0 Å². The average molecular weight is 385 g/mol. The highest BCUT2D eigenvalue weighted by atomic mass is 19.1. The topological polar surface area (TPSA) is 41.9 Å². The molecule has 1 radical (unpaired) electrons. The number of aliphatic hydroxyl groups is 1. The summed E-state index contributed by atoms with van der Waals surface area (Å²) in [4.78, 5) is 2.56. The molecular formula is C22H39FNO3. The van der Waals surface area contributed by atoms with E-state index >= 15 is 0 Å². The van der Waals surface area contributed by atoms with Crippen LogP contribution in [0, 0.1) is 24.4 Å². The van der Waals surface area contributed by atoms with Crippen molar-refractivity contribution in [2.75, 3.05) is 33.4 Å². The molecule has 27 heavy (non-hydrogen) atoms. The van der Waals surface area contributed by atoms with Gasteiger partial charge < -0.3 is 19.5 Å². The SMILES string of the molecule is COC1C([CH]OC2CCN(CCC3CCC(F)CC3)CC2)CCCC1CO. The summed E-state index contributed by atoms with van der Waals surface area (Å²) in [5.74, 6) is 1.27. The molecule has 5 heteroatoms. The standard InChI is InChI=1S/C22H39FNO3/c1-26-22-18(15-25)3-2-4-19(22)16-27-21-10-13-24(14-11-21)12-9-17-5-7-20(23)8-6-17/h16-22,25H,2-15H2,1H3. The van der Waals surface area contributed by atoms with Gasteiger partial charge in [-0.05, 0) is 70.3 Å². The Hall–Kier alpha value is -0.230. The van der Waals surface area contributed by atoms with Gasteiger partial charge in [0.05, 0.1) is 18.8 Å². The number of rotatable bonds is 8. The second kappa shape index (κ2) is 11.1. The van der Waals surface area contributed by atoms with E-state index in [0.717, 1.165) is 83.3 Å². The highest BCUT2D eigenvalue weighted by Crippen LogP contribution is 2.34. The van der Waals surface area contributed by atoms with Crippen molar-refractivity contribution in [2.45, 2.75) is 82.6 Å². The third-order valence-corrected chi connectivity index (χ3v) is 7.12. The molecule has 2 saturated carbocycles. The van der Waals surface area contributed by atoms with Gasteiger partial charge in [0.25, 0.3) is 0 Å². The van der Waals surface area contributed by atoms with Crippen LogP contribution < -0.4 is 0 Å². The monoisotopic (exact) mass is 384 g/mol. The van der Waals surface area contributed by atoms with Crippen molar-refractivity contribution in [3.8, 4) is 0 Å². The van der Waals surface area contributed by atoms with Crippen molar-refractivity contribution in [3.63, 3.8) is 0 Å². The van der Waals surface area contributed by atoms with E-state index in [4.69, 9.17) is 9.47 Å². The molecule has 3 atom stereocenters. The van der Waals surface area contributed by atoms with Crippen molar-refractivity contribution in [1.82, 2.24) is 4.90 Å². The van der Waals surface area contributed by atoms with Crippen LogP contribution in [0.5, 0.6) is 0 Å². The molecule has 0 spiro atoms. The Balaban J connectivity index is 1.31. The zero-order valence-corrected chi connectivity index (χ0v) is 17.0. The molecule has 0 aromatic carbocycles. The highest BCUT2D eigenvalue weighted by Gasteiger charge is 2.34. The lowest BCUT2D eigenvalue weighted by Gasteiger charge is -2.38. The number of hydrogen-bond donors (Lipinski definition) is 1. The average Bonchev–Trinajstić information content (AvgIpc) is 2.72. The van der Waals surface area contributed by atoms with Crippen molar-refractivity contribution in [2.24, 2.45) is 17.8 Å². The number of hydrogen-bond acceptors (Lipinski definition) is 4. The molecule has 2 aliphatic carbocycles. The molecule has 0 aromatic heterocycles. The van der Waals surface area contributed by atoms with Gasteiger partial charge in [-0.1, -0.05) is 6.42 Å². The molecular weight excluding hydrogens is 345 g/mol. The largest absolute Gasteiger partial charge is 0.396 e. The third kappa shape index (κ3) is 6.38. The zero-order chi connectivity index (χ0) is 19.1. The summed E-state index contributed by atoms with van der Waals surface area (Å²) in [5, 5.41) is 9.56. The molecule has 3 unspecified atom stereocenters. The van der Waals surface area contributed by atoms with Gasteiger partial charge in [0.15, 0.2) is 0 Å². The highest BCUT2D eigenvalue weighted by molar-refractivity contribution is 4.88. The maximum atomic E-state index is 13.2. The fourth-order valence-electron chi connectivity index (χ4n) is 5.26. The number of methoxy groups -OCH3 is 1. The zero-order valence-electron chi connectivity index (χ0n) is 17.0. The van der Waals surface area contributed by atoms with Crippen LogP contribution >= 0.6 is 0 Å². The molecule has 4 nitrogen and oxygen atoms in total. The first kappa shape index (κ1) is 21.5. The van der Waals surface area contributed by atoms with E-state index in [0.29, 0.717) is 12.0 Å². The van der Waals surface area contributed by atoms with Crippen molar-refractivity contribution < 1.29 is 19.0 Å². The van der Waals surface area contributed by atoms with Crippen LogP contribution in [0.25, 0.3) is 0 Å². The van der Waals surface area contributed by atoms with Gasteiger partial charge >= 0.3 is 0 Å². The summed E-state index contributed by atoms with van der Waals surface area (Å²) in [6.07, 6.45) is 10.2. The third-order valence-electron chi connectivity index (χ3n) is 7.12. The summed E-state index contributed by atoms with van der Waals surface area (Å²) in [5.41, 5.74) is 0. The predicted molar refractivity (Wildman–Crippen MR) is 105 cm³/mol. The minimum Gasteiger partial charge on any atom is -0.396 e. The number of halogens is 1. The molecule has 1 aliphatic heterocycles. The molecule has 0 bridgehead atoms. The van der Waals surface area contributed by atoms with E-state index in [9.17, 15) is 9.50 Å². The molecule has 157 valence electrons. The van der Waals surface area contributed by atoms with Crippen LogP contribution in [0.15, 0.2) is 0 Å². The lowest BCUT2D eigenvalue weighted by Crippen LogP contribution is -2.40. The van der Waals surface area contributed by atoms with E-state index in [1.807, 2.05) is 6.61 Å². The van der Waals surface area contributed by atoms with Crippen LogP contribution in [0.1, 0.15) is 64.2 Å². The summed E-state index contributed by atoms with van der Waals surface area (Å²) in [6, 6.07) is 0. The normalized spacial score (nSPS) is 36.8. The number of alkyl halides is 1. The number of aliphatic hydroxyl groups excluding tert-OH is 1. The fraction of sp³-hybridized carbons (Fsp3) is 0.955. The number of piperidine rings is 1. The first-order chi connectivity index (χ1) is 13.2. The van der Waals surface area contributed by atoms with Gasteiger partial charge in [-0.3, -0.25) is 0 Å². The Morgan fingerprint density at radius 1 is 1.04 bits per heavy atom.